The summed E-state index contributed by atoms with van der Waals surface area (Å²) in [6, 6.07) is 9.72. The highest BCUT2D eigenvalue weighted by atomic mass is 16.1. The van der Waals surface area contributed by atoms with Gasteiger partial charge in [0, 0.05) is 11.5 Å². The molecule has 0 radical (unpaired) electrons. The topological polar surface area (TPSA) is 17.1 Å². The summed E-state index contributed by atoms with van der Waals surface area (Å²) in [6.45, 7) is 2.21. The third-order valence-corrected chi connectivity index (χ3v) is 3.51. The Kier molecular flexibility index (Phi) is 3.20. The first-order valence-corrected chi connectivity index (χ1v) is 5.88. The van der Waals surface area contributed by atoms with Crippen molar-refractivity contribution in [3.63, 3.8) is 0 Å². The van der Waals surface area contributed by atoms with Gasteiger partial charge in [-0.25, -0.2) is 0 Å². The Bertz CT molecular complexity index is 328. The lowest BCUT2D eigenvalue weighted by atomic mass is 9.76. The monoisotopic (exact) mass is 202 g/mol. The van der Waals surface area contributed by atoms with E-state index in [2.05, 4.69) is 6.92 Å². The minimum absolute atomic E-state index is 0.265. The van der Waals surface area contributed by atoms with E-state index in [9.17, 15) is 4.79 Å². The van der Waals surface area contributed by atoms with Gasteiger partial charge >= 0.3 is 0 Å². The molecule has 1 aliphatic carbocycles. The van der Waals surface area contributed by atoms with Crippen molar-refractivity contribution in [2.45, 2.75) is 32.6 Å². The molecule has 0 saturated heterocycles. The van der Waals surface area contributed by atoms with Gasteiger partial charge in [0.25, 0.3) is 0 Å². The molecule has 1 aromatic carbocycles. The summed E-state index contributed by atoms with van der Waals surface area (Å²) in [5.74, 6) is 1.18. The lowest BCUT2D eigenvalue weighted by Crippen LogP contribution is -2.25. The maximum Gasteiger partial charge on any atom is 0.166 e. The van der Waals surface area contributed by atoms with E-state index in [0.717, 1.165) is 12.0 Å². The zero-order valence-electron chi connectivity index (χ0n) is 9.28. The number of rotatable bonds is 2. The van der Waals surface area contributed by atoms with Crippen LogP contribution in [-0.4, -0.2) is 5.78 Å². The first-order chi connectivity index (χ1) is 7.29. The summed E-state index contributed by atoms with van der Waals surface area (Å²) in [7, 11) is 0. The van der Waals surface area contributed by atoms with Gasteiger partial charge < -0.3 is 0 Å². The number of benzene rings is 1. The van der Waals surface area contributed by atoms with Gasteiger partial charge in [-0.3, -0.25) is 4.79 Å². The second-order valence-electron chi connectivity index (χ2n) is 4.60. The van der Waals surface area contributed by atoms with E-state index >= 15 is 0 Å². The molecule has 0 aromatic heterocycles. The SMILES string of the molecule is CC1CCCC[C@@H]1C(=O)c1ccccc1. The quantitative estimate of drug-likeness (QED) is 0.668. The van der Waals surface area contributed by atoms with E-state index in [1.807, 2.05) is 30.3 Å². The fraction of sp³-hybridized carbons (Fsp3) is 0.500. The average Bonchev–Trinajstić information content (AvgIpc) is 2.30. The molecule has 1 nitrogen and oxygen atoms in total. The van der Waals surface area contributed by atoms with Gasteiger partial charge in [0.2, 0.25) is 0 Å². The Morgan fingerprint density at radius 3 is 2.47 bits per heavy atom. The van der Waals surface area contributed by atoms with Crippen LogP contribution >= 0.6 is 0 Å². The molecule has 2 rings (SSSR count). The maximum atomic E-state index is 12.2. The summed E-state index contributed by atoms with van der Waals surface area (Å²) in [5, 5.41) is 0. The standard InChI is InChI=1S/C14H18O/c1-11-7-5-6-10-13(11)14(15)12-8-3-2-4-9-12/h2-4,8-9,11,13H,5-7,10H2,1H3/t11?,13-/m0/s1. The number of ketones is 1. The van der Waals surface area contributed by atoms with Crippen LogP contribution in [0, 0.1) is 11.8 Å². The molecule has 0 spiro atoms. The van der Waals surface area contributed by atoms with E-state index in [1.54, 1.807) is 0 Å². The van der Waals surface area contributed by atoms with Crippen molar-refractivity contribution in [1.29, 1.82) is 0 Å². The maximum absolute atomic E-state index is 12.2. The highest BCUT2D eigenvalue weighted by molar-refractivity contribution is 5.98. The van der Waals surface area contributed by atoms with E-state index in [0.29, 0.717) is 11.7 Å². The van der Waals surface area contributed by atoms with Crippen LogP contribution in [0.2, 0.25) is 0 Å². The van der Waals surface area contributed by atoms with Crippen LogP contribution in [0.1, 0.15) is 43.0 Å². The van der Waals surface area contributed by atoms with Crippen LogP contribution in [0.15, 0.2) is 30.3 Å². The van der Waals surface area contributed by atoms with Crippen LogP contribution in [0.4, 0.5) is 0 Å². The summed E-state index contributed by atoms with van der Waals surface area (Å²) in [5.41, 5.74) is 0.885. The van der Waals surface area contributed by atoms with Crippen LogP contribution in [-0.2, 0) is 0 Å². The van der Waals surface area contributed by atoms with Crippen LogP contribution in [0.3, 0.4) is 0 Å². The third-order valence-electron chi connectivity index (χ3n) is 3.51. The minimum Gasteiger partial charge on any atom is -0.294 e. The van der Waals surface area contributed by atoms with Crippen LogP contribution in [0.25, 0.3) is 0 Å². The predicted octanol–water partition coefficient (Wildman–Crippen LogP) is 3.70. The van der Waals surface area contributed by atoms with Crippen molar-refractivity contribution >= 4 is 5.78 Å². The molecular formula is C14H18O. The lowest BCUT2D eigenvalue weighted by Gasteiger charge is -2.27. The number of hydrogen-bond acceptors (Lipinski definition) is 1. The summed E-state index contributed by atoms with van der Waals surface area (Å²) >= 11 is 0. The summed E-state index contributed by atoms with van der Waals surface area (Å²) in [4.78, 5) is 12.2. The number of hydrogen-bond donors (Lipinski definition) is 0. The first kappa shape index (κ1) is 10.4. The van der Waals surface area contributed by atoms with Crippen molar-refractivity contribution in [1.82, 2.24) is 0 Å². The van der Waals surface area contributed by atoms with Crippen molar-refractivity contribution < 1.29 is 4.79 Å². The molecule has 0 N–H and O–H groups in total. The molecule has 0 bridgehead atoms. The Morgan fingerprint density at radius 2 is 1.80 bits per heavy atom. The fourth-order valence-electron chi connectivity index (χ4n) is 2.52. The summed E-state index contributed by atoms with van der Waals surface area (Å²) in [6.07, 6.45) is 4.80. The Hall–Kier alpha value is -1.11. The molecule has 1 aromatic rings. The molecule has 80 valence electrons. The fourth-order valence-corrected chi connectivity index (χ4v) is 2.52. The molecular weight excluding hydrogens is 184 g/mol. The largest absolute Gasteiger partial charge is 0.294 e. The van der Waals surface area contributed by atoms with Gasteiger partial charge in [-0.05, 0) is 12.3 Å². The molecule has 1 fully saturated rings. The smallest absolute Gasteiger partial charge is 0.166 e. The average molecular weight is 202 g/mol. The van der Waals surface area contributed by atoms with E-state index in [4.69, 9.17) is 0 Å². The van der Waals surface area contributed by atoms with E-state index in [-0.39, 0.29) is 5.92 Å². The zero-order chi connectivity index (χ0) is 10.7. The number of carbonyl (C=O) groups excluding carboxylic acids is 1. The van der Waals surface area contributed by atoms with Crippen molar-refractivity contribution in [3.05, 3.63) is 35.9 Å². The molecule has 1 unspecified atom stereocenters. The predicted molar refractivity (Wildman–Crippen MR) is 61.9 cm³/mol. The molecule has 0 amide bonds. The molecule has 0 aliphatic heterocycles. The van der Waals surface area contributed by atoms with Gasteiger partial charge in [-0.2, -0.15) is 0 Å². The Balaban J connectivity index is 2.13. The minimum atomic E-state index is 0.265. The zero-order valence-corrected chi connectivity index (χ0v) is 9.28. The molecule has 2 atom stereocenters. The van der Waals surface area contributed by atoms with Crippen molar-refractivity contribution in [3.8, 4) is 0 Å². The second kappa shape index (κ2) is 4.61. The highest BCUT2D eigenvalue weighted by Gasteiger charge is 2.27. The van der Waals surface area contributed by atoms with Crippen molar-refractivity contribution in [2.24, 2.45) is 11.8 Å². The van der Waals surface area contributed by atoms with Gasteiger partial charge in [-0.15, -0.1) is 0 Å². The number of Topliss-reactive ketones (excluding diaryl/α,β-unsaturated/α-hetero) is 1. The molecule has 1 aliphatic rings. The Labute approximate surface area is 91.5 Å². The first-order valence-electron chi connectivity index (χ1n) is 5.88. The van der Waals surface area contributed by atoms with Crippen LogP contribution < -0.4 is 0 Å². The Morgan fingerprint density at radius 1 is 1.13 bits per heavy atom. The summed E-state index contributed by atoms with van der Waals surface area (Å²) < 4.78 is 0. The van der Waals surface area contributed by atoms with Crippen LogP contribution in [0.5, 0.6) is 0 Å². The van der Waals surface area contributed by atoms with Crippen molar-refractivity contribution in [2.75, 3.05) is 0 Å². The van der Waals surface area contributed by atoms with Gasteiger partial charge in [0.15, 0.2) is 5.78 Å². The van der Waals surface area contributed by atoms with E-state index in [1.165, 1.54) is 19.3 Å². The second-order valence-corrected chi connectivity index (χ2v) is 4.60. The number of carbonyl (C=O) groups is 1. The lowest BCUT2D eigenvalue weighted by molar-refractivity contribution is 0.0837. The third kappa shape index (κ3) is 2.28. The van der Waals surface area contributed by atoms with E-state index < -0.39 is 0 Å². The van der Waals surface area contributed by atoms with Gasteiger partial charge in [0.05, 0.1) is 0 Å². The molecule has 1 heteroatoms. The molecule has 1 saturated carbocycles. The molecule has 0 heterocycles. The highest BCUT2D eigenvalue weighted by Crippen LogP contribution is 2.31. The van der Waals surface area contributed by atoms with Gasteiger partial charge in [-0.1, -0.05) is 56.5 Å². The molecule has 15 heavy (non-hydrogen) atoms. The van der Waals surface area contributed by atoms with Gasteiger partial charge in [0.1, 0.15) is 0 Å². The normalized spacial score (nSPS) is 26.2.